The minimum atomic E-state index is -0.944. The number of hydrogen-bond acceptors (Lipinski definition) is 6. The number of carbonyl (C=O) groups excluding carboxylic acids is 2. The number of nitrogens with zero attached hydrogens (tertiary/aromatic N) is 2. The van der Waals surface area contributed by atoms with Gasteiger partial charge in [0.2, 0.25) is 11.7 Å². The number of hydrogen-bond donors (Lipinski definition) is 0. The summed E-state index contributed by atoms with van der Waals surface area (Å²) < 4.78 is 10.8. The van der Waals surface area contributed by atoms with Crippen LogP contribution in [0, 0.1) is 6.92 Å². The lowest BCUT2D eigenvalue weighted by atomic mass is 10.1. The molecule has 0 radical (unpaired) electrons. The maximum absolute atomic E-state index is 11.5. The number of benzene rings is 2. The van der Waals surface area contributed by atoms with Gasteiger partial charge >= 0.3 is 5.97 Å². The van der Waals surface area contributed by atoms with Crippen molar-refractivity contribution in [3.05, 3.63) is 54.1 Å². The molecule has 0 aliphatic rings. The molecule has 120 valence electrons. The summed E-state index contributed by atoms with van der Waals surface area (Å²) in [6, 6.07) is 14.3. The van der Waals surface area contributed by atoms with E-state index in [4.69, 9.17) is 9.15 Å². The van der Waals surface area contributed by atoms with Crippen molar-refractivity contribution in [2.45, 2.75) is 13.8 Å². The average molecular weight is 322 g/mol. The van der Waals surface area contributed by atoms with E-state index in [-0.39, 0.29) is 11.6 Å². The number of esters is 1. The smallest absolute Gasteiger partial charge is 0.379 e. The molecule has 2 aromatic carbocycles. The summed E-state index contributed by atoms with van der Waals surface area (Å²) >= 11 is 0. The van der Waals surface area contributed by atoms with Crippen LogP contribution in [-0.4, -0.2) is 21.9 Å². The third kappa shape index (κ3) is 3.22. The number of ether oxygens (including phenoxy) is 1. The van der Waals surface area contributed by atoms with Crippen molar-refractivity contribution < 1.29 is 18.7 Å². The lowest BCUT2D eigenvalue weighted by Crippen LogP contribution is -2.17. The van der Waals surface area contributed by atoms with Gasteiger partial charge in [0.15, 0.2) is 0 Å². The minimum Gasteiger partial charge on any atom is -0.420 e. The van der Waals surface area contributed by atoms with Crippen molar-refractivity contribution in [2.75, 3.05) is 0 Å². The number of para-hydroxylation sites is 1. The summed E-state index contributed by atoms with van der Waals surface area (Å²) in [6.45, 7) is 3.12. The zero-order valence-corrected chi connectivity index (χ0v) is 13.1. The normalized spacial score (nSPS) is 10.4. The molecule has 0 amide bonds. The molecule has 3 aromatic rings. The van der Waals surface area contributed by atoms with Gasteiger partial charge < -0.3 is 9.15 Å². The van der Waals surface area contributed by atoms with Crippen LogP contribution in [-0.2, 0) is 9.59 Å². The number of carbonyl (C=O) groups is 2. The highest BCUT2D eigenvalue weighted by Crippen LogP contribution is 2.31. The molecule has 6 nitrogen and oxygen atoms in total. The first-order chi connectivity index (χ1) is 11.5. The van der Waals surface area contributed by atoms with Crippen LogP contribution in [0.1, 0.15) is 12.5 Å². The zero-order chi connectivity index (χ0) is 17.1. The van der Waals surface area contributed by atoms with Crippen LogP contribution in [0.2, 0.25) is 0 Å². The first-order valence-corrected chi connectivity index (χ1v) is 7.27. The molecule has 0 spiro atoms. The minimum absolute atomic E-state index is 0.192. The number of aromatic nitrogens is 2. The fourth-order valence-electron chi connectivity index (χ4n) is 2.13. The molecule has 0 bridgehead atoms. The van der Waals surface area contributed by atoms with Gasteiger partial charge in [0, 0.05) is 12.5 Å². The molecule has 3 rings (SSSR count). The second-order valence-corrected chi connectivity index (χ2v) is 5.22. The molecule has 0 saturated carbocycles. The monoisotopic (exact) mass is 322 g/mol. The summed E-state index contributed by atoms with van der Waals surface area (Å²) in [5.41, 5.74) is 2.31. The van der Waals surface area contributed by atoms with Crippen LogP contribution in [0.5, 0.6) is 5.75 Å². The van der Waals surface area contributed by atoms with E-state index in [1.165, 1.54) is 0 Å². The molecule has 1 aromatic heterocycles. The fraction of sp³-hybridized carbons (Fsp3) is 0.111. The molecule has 0 aliphatic carbocycles. The maximum atomic E-state index is 11.5. The van der Waals surface area contributed by atoms with Crippen molar-refractivity contribution in [1.82, 2.24) is 10.2 Å². The summed E-state index contributed by atoms with van der Waals surface area (Å²) in [7, 11) is 0. The second-order valence-electron chi connectivity index (χ2n) is 5.22. The Kier molecular flexibility index (Phi) is 4.20. The van der Waals surface area contributed by atoms with Gasteiger partial charge in [0.1, 0.15) is 5.75 Å². The molecule has 6 heteroatoms. The van der Waals surface area contributed by atoms with Gasteiger partial charge in [0.25, 0.3) is 5.89 Å². The molecular weight excluding hydrogens is 308 g/mol. The average Bonchev–Trinajstić information content (AvgIpc) is 3.05. The van der Waals surface area contributed by atoms with Gasteiger partial charge in [-0.05, 0) is 31.2 Å². The van der Waals surface area contributed by atoms with E-state index in [1.54, 1.807) is 24.3 Å². The standard InChI is InChI=1S/C18H14N2O4/c1-11-6-5-7-13(10-11)16-19-20-17(24-16)14-8-3-4-9-15(14)23-18(22)12(2)21/h3-10H,1-2H3. The Hall–Kier alpha value is -3.28. The second kappa shape index (κ2) is 6.45. The fourth-order valence-corrected chi connectivity index (χ4v) is 2.13. The Morgan fingerprint density at radius 1 is 1.00 bits per heavy atom. The highest BCUT2D eigenvalue weighted by molar-refractivity contribution is 6.33. The third-order valence-corrected chi connectivity index (χ3v) is 3.30. The Bertz CT molecular complexity index is 915. The molecule has 24 heavy (non-hydrogen) atoms. The number of rotatable bonds is 4. The van der Waals surface area contributed by atoms with Crippen molar-refractivity contribution in [3.8, 4) is 28.7 Å². The molecule has 0 N–H and O–H groups in total. The van der Waals surface area contributed by atoms with E-state index >= 15 is 0 Å². The predicted molar refractivity (Wildman–Crippen MR) is 86.2 cm³/mol. The number of aryl methyl sites for hydroxylation is 1. The van der Waals surface area contributed by atoms with E-state index in [1.807, 2.05) is 31.2 Å². The van der Waals surface area contributed by atoms with Crippen molar-refractivity contribution in [2.24, 2.45) is 0 Å². The van der Waals surface area contributed by atoms with Crippen LogP contribution in [0.4, 0.5) is 0 Å². The van der Waals surface area contributed by atoms with E-state index in [9.17, 15) is 9.59 Å². The molecular formula is C18H14N2O4. The van der Waals surface area contributed by atoms with Gasteiger partial charge in [-0.15, -0.1) is 10.2 Å². The lowest BCUT2D eigenvalue weighted by Gasteiger charge is -2.05. The number of Topliss-reactive ketones (excluding diaryl/α,β-unsaturated/α-hetero) is 1. The molecule has 1 heterocycles. The Balaban J connectivity index is 1.96. The van der Waals surface area contributed by atoms with Crippen LogP contribution in [0.25, 0.3) is 22.9 Å². The van der Waals surface area contributed by atoms with E-state index in [0.717, 1.165) is 18.1 Å². The maximum Gasteiger partial charge on any atom is 0.379 e. The first-order valence-electron chi connectivity index (χ1n) is 7.27. The van der Waals surface area contributed by atoms with Crippen LogP contribution < -0.4 is 4.74 Å². The molecule has 0 aliphatic heterocycles. The van der Waals surface area contributed by atoms with Crippen molar-refractivity contribution >= 4 is 11.8 Å². The first kappa shape index (κ1) is 15.6. The van der Waals surface area contributed by atoms with E-state index in [2.05, 4.69) is 10.2 Å². The predicted octanol–water partition coefficient (Wildman–Crippen LogP) is 3.21. The lowest BCUT2D eigenvalue weighted by molar-refractivity contribution is -0.146. The quantitative estimate of drug-likeness (QED) is 0.417. The SMILES string of the molecule is CC(=O)C(=O)Oc1ccccc1-c1nnc(-c2cccc(C)c2)o1. The van der Waals surface area contributed by atoms with E-state index in [0.29, 0.717) is 11.5 Å². The van der Waals surface area contributed by atoms with Crippen LogP contribution in [0.3, 0.4) is 0 Å². The Morgan fingerprint density at radius 2 is 1.75 bits per heavy atom. The van der Waals surface area contributed by atoms with Crippen LogP contribution >= 0.6 is 0 Å². The highest BCUT2D eigenvalue weighted by Gasteiger charge is 2.18. The topological polar surface area (TPSA) is 82.3 Å². The zero-order valence-electron chi connectivity index (χ0n) is 13.1. The van der Waals surface area contributed by atoms with Gasteiger partial charge in [0.05, 0.1) is 5.56 Å². The van der Waals surface area contributed by atoms with Crippen LogP contribution in [0.15, 0.2) is 52.9 Å². The molecule has 0 unspecified atom stereocenters. The largest absolute Gasteiger partial charge is 0.420 e. The van der Waals surface area contributed by atoms with E-state index < -0.39 is 11.8 Å². The summed E-state index contributed by atoms with van der Waals surface area (Å²) in [5.74, 6) is -0.867. The summed E-state index contributed by atoms with van der Waals surface area (Å²) in [4.78, 5) is 22.6. The number of ketones is 1. The van der Waals surface area contributed by atoms with Crippen molar-refractivity contribution in [3.63, 3.8) is 0 Å². The molecule has 0 saturated heterocycles. The Labute approximate surface area is 138 Å². The summed E-state index contributed by atoms with van der Waals surface area (Å²) in [6.07, 6.45) is 0. The van der Waals surface area contributed by atoms with Gasteiger partial charge in [-0.1, -0.05) is 29.8 Å². The van der Waals surface area contributed by atoms with Gasteiger partial charge in [-0.25, -0.2) is 4.79 Å². The highest BCUT2D eigenvalue weighted by atomic mass is 16.5. The Morgan fingerprint density at radius 3 is 2.50 bits per heavy atom. The third-order valence-electron chi connectivity index (χ3n) is 3.30. The van der Waals surface area contributed by atoms with Gasteiger partial charge in [-0.3, -0.25) is 4.79 Å². The summed E-state index contributed by atoms with van der Waals surface area (Å²) in [5, 5.41) is 8.05. The van der Waals surface area contributed by atoms with Crippen molar-refractivity contribution in [1.29, 1.82) is 0 Å². The molecule has 0 atom stereocenters. The van der Waals surface area contributed by atoms with Gasteiger partial charge in [-0.2, -0.15) is 0 Å². The molecule has 0 fully saturated rings.